The molecule has 21 heavy (non-hydrogen) atoms. The number of nitrogen functional groups attached to an aromatic ring is 1. The summed E-state index contributed by atoms with van der Waals surface area (Å²) in [5.74, 6) is -0.155. The molecule has 108 valence electrons. The fourth-order valence-electron chi connectivity index (χ4n) is 2.77. The first-order valence-electron chi connectivity index (χ1n) is 7.06. The standard InChI is InChI=1S/C17H18N2O2/c1-11-4-7-15-12(9-11)3-2-8-19(15)17(21)13-5-6-14(18)16(20)10-13/h4-7,9-10,20H,2-3,8,18H2,1H3. The van der Waals surface area contributed by atoms with Crippen molar-refractivity contribution in [3.63, 3.8) is 0 Å². The zero-order valence-corrected chi connectivity index (χ0v) is 12.0. The maximum Gasteiger partial charge on any atom is 0.258 e. The van der Waals surface area contributed by atoms with Gasteiger partial charge in [-0.2, -0.15) is 0 Å². The van der Waals surface area contributed by atoms with Crippen LogP contribution < -0.4 is 10.6 Å². The Labute approximate surface area is 123 Å². The monoisotopic (exact) mass is 282 g/mol. The van der Waals surface area contributed by atoms with E-state index in [1.54, 1.807) is 17.0 Å². The molecule has 0 saturated heterocycles. The first kappa shape index (κ1) is 13.5. The van der Waals surface area contributed by atoms with Gasteiger partial charge in [0.25, 0.3) is 5.91 Å². The maximum absolute atomic E-state index is 12.7. The van der Waals surface area contributed by atoms with Crippen molar-refractivity contribution in [2.75, 3.05) is 17.2 Å². The summed E-state index contributed by atoms with van der Waals surface area (Å²) in [6.07, 6.45) is 1.94. The van der Waals surface area contributed by atoms with Crippen molar-refractivity contribution in [1.82, 2.24) is 0 Å². The van der Waals surface area contributed by atoms with E-state index in [9.17, 15) is 9.90 Å². The fraction of sp³-hybridized carbons (Fsp3) is 0.235. The average Bonchev–Trinajstić information content (AvgIpc) is 2.48. The topological polar surface area (TPSA) is 66.6 Å². The highest BCUT2D eigenvalue weighted by Crippen LogP contribution is 2.30. The Morgan fingerprint density at radius 2 is 2.05 bits per heavy atom. The third-order valence-electron chi connectivity index (χ3n) is 3.88. The summed E-state index contributed by atoms with van der Waals surface area (Å²) in [5, 5.41) is 9.68. The maximum atomic E-state index is 12.7. The van der Waals surface area contributed by atoms with E-state index in [4.69, 9.17) is 5.73 Å². The molecule has 1 amide bonds. The van der Waals surface area contributed by atoms with Gasteiger partial charge in [0.15, 0.2) is 0 Å². The van der Waals surface area contributed by atoms with Crippen molar-refractivity contribution in [3.8, 4) is 5.75 Å². The van der Waals surface area contributed by atoms with Crippen LogP contribution in [-0.4, -0.2) is 17.6 Å². The van der Waals surface area contributed by atoms with E-state index in [0.717, 1.165) is 18.5 Å². The van der Waals surface area contributed by atoms with Crippen LogP contribution in [0.1, 0.15) is 27.9 Å². The molecule has 0 radical (unpaired) electrons. The first-order chi connectivity index (χ1) is 10.1. The van der Waals surface area contributed by atoms with Gasteiger partial charge in [0.05, 0.1) is 5.69 Å². The van der Waals surface area contributed by atoms with E-state index in [0.29, 0.717) is 12.1 Å². The van der Waals surface area contributed by atoms with Crippen LogP contribution in [0.4, 0.5) is 11.4 Å². The van der Waals surface area contributed by atoms with Gasteiger partial charge < -0.3 is 15.7 Å². The van der Waals surface area contributed by atoms with Gasteiger partial charge in [0.2, 0.25) is 0 Å². The number of aromatic hydroxyl groups is 1. The molecule has 0 spiro atoms. The lowest BCUT2D eigenvalue weighted by Crippen LogP contribution is -2.35. The number of carbonyl (C=O) groups is 1. The highest BCUT2D eigenvalue weighted by molar-refractivity contribution is 6.07. The highest BCUT2D eigenvalue weighted by Gasteiger charge is 2.23. The van der Waals surface area contributed by atoms with Crippen LogP contribution in [-0.2, 0) is 6.42 Å². The van der Waals surface area contributed by atoms with Crippen LogP contribution in [0.2, 0.25) is 0 Å². The van der Waals surface area contributed by atoms with E-state index in [1.807, 2.05) is 12.1 Å². The van der Waals surface area contributed by atoms with Gasteiger partial charge in [-0.25, -0.2) is 0 Å². The minimum absolute atomic E-state index is 0.0537. The molecule has 0 atom stereocenters. The smallest absolute Gasteiger partial charge is 0.258 e. The van der Waals surface area contributed by atoms with Crippen molar-refractivity contribution in [2.24, 2.45) is 0 Å². The van der Waals surface area contributed by atoms with Crippen molar-refractivity contribution < 1.29 is 9.90 Å². The number of amides is 1. The summed E-state index contributed by atoms with van der Waals surface area (Å²) in [5.41, 5.74) is 9.69. The Morgan fingerprint density at radius 3 is 2.81 bits per heavy atom. The van der Waals surface area contributed by atoms with Gasteiger partial charge in [-0.1, -0.05) is 17.7 Å². The molecule has 0 bridgehead atoms. The van der Waals surface area contributed by atoms with Gasteiger partial charge in [0, 0.05) is 17.8 Å². The fourth-order valence-corrected chi connectivity index (χ4v) is 2.77. The van der Waals surface area contributed by atoms with Crippen LogP contribution in [0.15, 0.2) is 36.4 Å². The van der Waals surface area contributed by atoms with E-state index >= 15 is 0 Å². The molecule has 2 aromatic rings. The average molecular weight is 282 g/mol. The molecular weight excluding hydrogens is 264 g/mol. The third kappa shape index (κ3) is 2.44. The summed E-state index contributed by atoms with van der Waals surface area (Å²) in [6, 6.07) is 10.8. The van der Waals surface area contributed by atoms with Gasteiger partial charge in [-0.3, -0.25) is 4.79 Å². The van der Waals surface area contributed by atoms with Gasteiger partial charge in [-0.05, 0) is 49.6 Å². The molecular formula is C17H18N2O2. The number of carbonyl (C=O) groups excluding carboxylic acids is 1. The first-order valence-corrected chi connectivity index (χ1v) is 7.06. The lowest BCUT2D eigenvalue weighted by molar-refractivity contribution is 0.0985. The van der Waals surface area contributed by atoms with Crippen molar-refractivity contribution >= 4 is 17.3 Å². The summed E-state index contributed by atoms with van der Waals surface area (Å²) < 4.78 is 0. The molecule has 3 rings (SSSR count). The van der Waals surface area contributed by atoms with E-state index in [2.05, 4.69) is 13.0 Å². The number of phenols is 1. The Balaban J connectivity index is 1.98. The molecule has 1 aliphatic rings. The number of benzene rings is 2. The van der Waals surface area contributed by atoms with Crippen LogP contribution in [0.25, 0.3) is 0 Å². The molecule has 0 fully saturated rings. The molecule has 1 aliphatic heterocycles. The Bertz CT molecular complexity index is 710. The molecule has 2 aromatic carbocycles. The summed E-state index contributed by atoms with van der Waals surface area (Å²) in [7, 11) is 0. The number of nitrogens with zero attached hydrogens (tertiary/aromatic N) is 1. The molecule has 1 heterocycles. The number of hydrogen-bond acceptors (Lipinski definition) is 3. The van der Waals surface area contributed by atoms with E-state index in [1.165, 1.54) is 17.2 Å². The highest BCUT2D eigenvalue weighted by atomic mass is 16.3. The Morgan fingerprint density at radius 1 is 1.24 bits per heavy atom. The van der Waals surface area contributed by atoms with E-state index in [-0.39, 0.29) is 17.3 Å². The number of anilines is 2. The molecule has 3 N–H and O–H groups in total. The SMILES string of the molecule is Cc1ccc2c(c1)CCCN2C(=O)c1ccc(N)c(O)c1. The second-order valence-corrected chi connectivity index (χ2v) is 5.47. The van der Waals surface area contributed by atoms with Crippen molar-refractivity contribution in [1.29, 1.82) is 0 Å². The molecule has 0 unspecified atom stereocenters. The third-order valence-corrected chi connectivity index (χ3v) is 3.88. The zero-order valence-electron chi connectivity index (χ0n) is 12.0. The van der Waals surface area contributed by atoms with Crippen LogP contribution in [0.5, 0.6) is 5.75 Å². The van der Waals surface area contributed by atoms with Crippen LogP contribution in [0.3, 0.4) is 0 Å². The Hall–Kier alpha value is -2.49. The summed E-state index contributed by atoms with van der Waals surface area (Å²) in [4.78, 5) is 14.5. The van der Waals surface area contributed by atoms with Gasteiger partial charge in [-0.15, -0.1) is 0 Å². The zero-order chi connectivity index (χ0) is 15.0. The molecule has 0 saturated carbocycles. The van der Waals surface area contributed by atoms with Crippen LogP contribution in [0, 0.1) is 6.92 Å². The predicted molar refractivity (Wildman–Crippen MR) is 83.7 cm³/mol. The number of fused-ring (bicyclic) bond motifs is 1. The molecule has 4 heteroatoms. The molecule has 0 aliphatic carbocycles. The lowest BCUT2D eigenvalue weighted by atomic mass is 9.98. The number of rotatable bonds is 1. The minimum atomic E-state index is -0.102. The Kier molecular flexibility index (Phi) is 3.29. The second-order valence-electron chi connectivity index (χ2n) is 5.47. The predicted octanol–water partition coefficient (Wildman–Crippen LogP) is 2.88. The van der Waals surface area contributed by atoms with E-state index < -0.39 is 0 Å². The quantitative estimate of drug-likeness (QED) is 0.624. The normalized spacial score (nSPS) is 13.9. The summed E-state index contributed by atoms with van der Waals surface area (Å²) in [6.45, 7) is 2.75. The largest absolute Gasteiger partial charge is 0.506 e. The molecule has 4 nitrogen and oxygen atoms in total. The van der Waals surface area contributed by atoms with Gasteiger partial charge in [0.1, 0.15) is 5.75 Å². The van der Waals surface area contributed by atoms with Crippen molar-refractivity contribution in [3.05, 3.63) is 53.1 Å². The van der Waals surface area contributed by atoms with Crippen LogP contribution >= 0.6 is 0 Å². The number of phenolic OH excluding ortho intramolecular Hbond substituents is 1. The molecule has 0 aromatic heterocycles. The number of aryl methyl sites for hydroxylation is 2. The number of hydrogen-bond donors (Lipinski definition) is 2. The lowest BCUT2D eigenvalue weighted by Gasteiger charge is -2.30. The van der Waals surface area contributed by atoms with Crippen molar-refractivity contribution in [2.45, 2.75) is 19.8 Å². The summed E-state index contributed by atoms with van der Waals surface area (Å²) >= 11 is 0. The second kappa shape index (κ2) is 5.13. The van der Waals surface area contributed by atoms with Gasteiger partial charge >= 0.3 is 0 Å². The minimum Gasteiger partial charge on any atom is -0.506 e. The number of nitrogens with two attached hydrogens (primary N) is 1.